The second-order valence-electron chi connectivity index (χ2n) is 8.13. The lowest BCUT2D eigenvalue weighted by Gasteiger charge is -2.35. The lowest BCUT2D eigenvalue weighted by molar-refractivity contribution is 0.0603. The molecule has 164 valence electrons. The minimum absolute atomic E-state index is 0.0543. The predicted molar refractivity (Wildman–Crippen MR) is 129 cm³/mol. The number of aromatic nitrogens is 1. The highest BCUT2D eigenvalue weighted by molar-refractivity contribution is 9.10. The van der Waals surface area contributed by atoms with Crippen LogP contribution in [0.15, 0.2) is 57.4 Å². The van der Waals surface area contributed by atoms with Crippen molar-refractivity contribution in [3.05, 3.63) is 75.3 Å². The molecule has 4 aromatic rings. The molecule has 2 aromatic carbocycles. The van der Waals surface area contributed by atoms with Crippen molar-refractivity contribution in [3.63, 3.8) is 0 Å². The molecule has 0 saturated carbocycles. The van der Waals surface area contributed by atoms with Gasteiger partial charge in [0.25, 0.3) is 5.91 Å². The number of carbonyl (C=O) groups is 1. The Morgan fingerprint density at radius 3 is 2.84 bits per heavy atom. The number of hydrogen-bond donors (Lipinski definition) is 0. The fourth-order valence-electron chi connectivity index (χ4n) is 4.40. The molecule has 2 aromatic heterocycles. The summed E-state index contributed by atoms with van der Waals surface area (Å²) in [4.78, 5) is 21.0. The van der Waals surface area contributed by atoms with Gasteiger partial charge in [0.15, 0.2) is 0 Å². The van der Waals surface area contributed by atoms with Crippen molar-refractivity contribution < 1.29 is 13.6 Å². The molecule has 1 saturated heterocycles. The van der Waals surface area contributed by atoms with Crippen LogP contribution in [-0.4, -0.2) is 28.4 Å². The van der Waals surface area contributed by atoms with Crippen LogP contribution in [0.5, 0.6) is 0 Å². The van der Waals surface area contributed by atoms with E-state index in [0.717, 1.165) is 55.9 Å². The van der Waals surface area contributed by atoms with Crippen molar-refractivity contribution in [2.75, 3.05) is 6.54 Å². The Bertz CT molecular complexity index is 1280. The number of hydrogen-bond acceptors (Lipinski definition) is 4. The van der Waals surface area contributed by atoms with E-state index in [0.29, 0.717) is 18.7 Å². The van der Waals surface area contributed by atoms with E-state index in [1.165, 1.54) is 23.5 Å². The van der Waals surface area contributed by atoms with Crippen LogP contribution >= 0.6 is 27.3 Å². The van der Waals surface area contributed by atoms with Crippen molar-refractivity contribution in [2.45, 2.75) is 38.6 Å². The smallest absolute Gasteiger partial charge is 0.274 e. The van der Waals surface area contributed by atoms with Crippen molar-refractivity contribution in [2.24, 2.45) is 0 Å². The molecule has 1 unspecified atom stereocenters. The zero-order valence-corrected chi connectivity index (χ0v) is 20.0. The second-order valence-corrected chi connectivity index (χ2v) is 10.2. The van der Waals surface area contributed by atoms with Gasteiger partial charge in [-0.15, -0.1) is 11.3 Å². The van der Waals surface area contributed by atoms with Gasteiger partial charge in [-0.1, -0.05) is 34.1 Å². The van der Waals surface area contributed by atoms with Crippen molar-refractivity contribution in [1.82, 2.24) is 9.88 Å². The van der Waals surface area contributed by atoms with E-state index in [9.17, 15) is 9.18 Å². The molecule has 0 bridgehead atoms. The summed E-state index contributed by atoms with van der Waals surface area (Å²) < 4.78 is 20.5. The number of amides is 1. The maximum absolute atomic E-state index is 13.7. The number of fused-ring (bicyclic) bond motifs is 1. The predicted octanol–water partition coefficient (Wildman–Crippen LogP) is 7.00. The molecule has 0 spiro atoms. The highest BCUT2D eigenvalue weighted by Crippen LogP contribution is 2.34. The van der Waals surface area contributed by atoms with Crippen molar-refractivity contribution in [1.29, 1.82) is 0 Å². The van der Waals surface area contributed by atoms with Crippen LogP contribution < -0.4 is 0 Å². The molecule has 1 aliphatic rings. The third-order valence-electron chi connectivity index (χ3n) is 5.93. The monoisotopic (exact) mass is 512 g/mol. The fourth-order valence-corrected chi connectivity index (χ4v) is 5.77. The van der Waals surface area contributed by atoms with Crippen LogP contribution in [0.2, 0.25) is 0 Å². The molecule has 32 heavy (non-hydrogen) atoms. The second kappa shape index (κ2) is 8.79. The van der Waals surface area contributed by atoms with Gasteiger partial charge in [0.1, 0.15) is 22.9 Å². The standard InChI is InChI=1S/C25H22BrFN2O2S/c1-15-28-23(24(32-15)16-8-10-17(27)11-9-16)25(30)29-12-3-2-5-18(29)13-19-14-20-21(26)6-4-7-22(20)31-19/h4,6-11,14,18H,2-3,5,12-13H2,1H3. The van der Waals surface area contributed by atoms with E-state index in [2.05, 4.69) is 27.0 Å². The van der Waals surface area contributed by atoms with Crippen LogP contribution in [0.3, 0.4) is 0 Å². The van der Waals surface area contributed by atoms with Crippen molar-refractivity contribution >= 4 is 44.1 Å². The number of nitrogens with zero attached hydrogens (tertiary/aromatic N) is 2. The van der Waals surface area contributed by atoms with E-state index in [1.54, 1.807) is 12.1 Å². The van der Waals surface area contributed by atoms with E-state index in [4.69, 9.17) is 4.42 Å². The van der Waals surface area contributed by atoms with Gasteiger partial charge in [-0.3, -0.25) is 4.79 Å². The van der Waals surface area contributed by atoms with Crippen LogP contribution in [0.4, 0.5) is 4.39 Å². The Hall–Kier alpha value is -2.51. The molecule has 5 rings (SSSR count). The molecule has 1 amide bonds. The average Bonchev–Trinajstić information content (AvgIpc) is 3.38. The molecule has 0 radical (unpaired) electrons. The van der Waals surface area contributed by atoms with Gasteiger partial charge >= 0.3 is 0 Å². The first-order valence-electron chi connectivity index (χ1n) is 10.7. The molecule has 7 heteroatoms. The third-order valence-corrected chi connectivity index (χ3v) is 7.64. The number of piperidine rings is 1. The number of aryl methyl sites for hydroxylation is 1. The largest absolute Gasteiger partial charge is 0.461 e. The van der Waals surface area contributed by atoms with Gasteiger partial charge in [-0.25, -0.2) is 9.37 Å². The highest BCUT2D eigenvalue weighted by atomic mass is 79.9. The summed E-state index contributed by atoms with van der Waals surface area (Å²) in [5, 5.41) is 1.87. The van der Waals surface area contributed by atoms with E-state index < -0.39 is 0 Å². The first-order valence-corrected chi connectivity index (χ1v) is 12.3. The molecular formula is C25H22BrFN2O2S. The van der Waals surface area contributed by atoms with Crippen molar-refractivity contribution in [3.8, 4) is 10.4 Å². The zero-order chi connectivity index (χ0) is 22.2. The van der Waals surface area contributed by atoms with Gasteiger partial charge in [-0.05, 0) is 62.1 Å². The van der Waals surface area contributed by atoms with Gasteiger partial charge in [-0.2, -0.15) is 0 Å². The summed E-state index contributed by atoms with van der Waals surface area (Å²) in [7, 11) is 0. The average molecular weight is 513 g/mol. The maximum Gasteiger partial charge on any atom is 0.274 e. The topological polar surface area (TPSA) is 46.3 Å². The minimum atomic E-state index is -0.295. The van der Waals surface area contributed by atoms with E-state index in [1.807, 2.05) is 30.0 Å². The molecule has 1 fully saturated rings. The Morgan fingerprint density at radius 2 is 2.06 bits per heavy atom. The molecular weight excluding hydrogens is 491 g/mol. The zero-order valence-electron chi connectivity index (χ0n) is 17.6. The molecule has 0 aliphatic carbocycles. The van der Waals surface area contributed by atoms with Gasteiger partial charge in [0.2, 0.25) is 0 Å². The van der Waals surface area contributed by atoms with Crippen LogP contribution in [-0.2, 0) is 6.42 Å². The summed E-state index contributed by atoms with van der Waals surface area (Å²) >= 11 is 5.05. The number of halogens is 2. The van der Waals surface area contributed by atoms with Crippen LogP contribution in [0.1, 0.15) is 40.5 Å². The highest BCUT2D eigenvalue weighted by Gasteiger charge is 2.31. The van der Waals surface area contributed by atoms with E-state index in [-0.39, 0.29) is 17.8 Å². The molecule has 1 aliphatic heterocycles. The Kier molecular flexibility index (Phi) is 5.86. The summed E-state index contributed by atoms with van der Waals surface area (Å²) in [5.41, 5.74) is 2.12. The number of thiazole rings is 1. The normalized spacial score (nSPS) is 16.6. The summed E-state index contributed by atoms with van der Waals surface area (Å²) in [6, 6.07) is 14.3. The van der Waals surface area contributed by atoms with Gasteiger partial charge in [0, 0.05) is 28.9 Å². The lowest BCUT2D eigenvalue weighted by atomic mass is 9.97. The Balaban J connectivity index is 1.44. The first-order chi connectivity index (χ1) is 15.5. The molecule has 4 nitrogen and oxygen atoms in total. The van der Waals surface area contributed by atoms with E-state index >= 15 is 0 Å². The first kappa shape index (κ1) is 21.3. The number of likely N-dealkylation sites (tertiary alicyclic amines) is 1. The van der Waals surface area contributed by atoms with Crippen LogP contribution in [0.25, 0.3) is 21.4 Å². The summed E-state index contributed by atoms with van der Waals surface area (Å²) in [6.45, 7) is 2.60. The number of furan rings is 1. The molecule has 1 atom stereocenters. The van der Waals surface area contributed by atoms with Gasteiger partial charge in [0.05, 0.1) is 9.88 Å². The molecule has 3 heterocycles. The van der Waals surface area contributed by atoms with Gasteiger partial charge < -0.3 is 9.32 Å². The van der Waals surface area contributed by atoms with Crippen LogP contribution in [0, 0.1) is 12.7 Å². The number of carbonyl (C=O) groups excluding carboxylic acids is 1. The maximum atomic E-state index is 13.7. The SMILES string of the molecule is Cc1nc(C(=O)N2CCCCC2Cc2cc3c(Br)cccc3o2)c(-c2ccc(F)cc2)s1. The Morgan fingerprint density at radius 1 is 1.25 bits per heavy atom. The third kappa shape index (κ3) is 4.11. The molecule has 0 N–H and O–H groups in total. The fraction of sp³-hybridized carbons (Fsp3) is 0.280. The minimum Gasteiger partial charge on any atom is -0.461 e. The quantitative estimate of drug-likeness (QED) is 0.295. The summed E-state index contributed by atoms with van der Waals surface area (Å²) in [5.74, 6) is 0.525. The Labute approximate surface area is 198 Å². The lowest BCUT2D eigenvalue weighted by Crippen LogP contribution is -2.45. The number of benzene rings is 2. The number of rotatable bonds is 4. The summed E-state index contributed by atoms with van der Waals surface area (Å²) in [6.07, 6.45) is 3.66.